The van der Waals surface area contributed by atoms with Gasteiger partial charge in [-0.1, -0.05) is 46.3 Å². The maximum atomic E-state index is 13.0. The second-order valence-electron chi connectivity index (χ2n) is 6.17. The molecule has 1 amide bonds. The number of hydrogen-bond donors (Lipinski definition) is 0. The zero-order valence-electron chi connectivity index (χ0n) is 14.6. The fourth-order valence-electron chi connectivity index (χ4n) is 3.11. The highest BCUT2D eigenvalue weighted by Crippen LogP contribution is 2.35. The Kier molecular flexibility index (Phi) is 5.09. The number of carbonyl (C=O) groups excluding carboxylic acids is 1. The lowest BCUT2D eigenvalue weighted by Gasteiger charge is -2.21. The number of methoxy groups -OCH3 is 1. The Morgan fingerprint density at radius 3 is 2.52 bits per heavy atom. The van der Waals surface area contributed by atoms with Crippen LogP contribution in [-0.2, 0) is 0 Å². The van der Waals surface area contributed by atoms with Gasteiger partial charge in [0.05, 0.1) is 23.7 Å². The number of hydrazone groups is 1. The SMILES string of the molecule is COc1ccc([C@H]2CC(c3ccc(Br)cc3)=NN2C(=O)c2cccs2)cc1. The lowest BCUT2D eigenvalue weighted by molar-refractivity contribution is 0.0716. The highest BCUT2D eigenvalue weighted by Gasteiger charge is 2.34. The first-order valence-corrected chi connectivity index (χ1v) is 10.2. The van der Waals surface area contributed by atoms with Crippen molar-refractivity contribution >= 4 is 38.9 Å². The molecular weight excluding hydrogens is 424 g/mol. The highest BCUT2D eigenvalue weighted by atomic mass is 79.9. The van der Waals surface area contributed by atoms with Gasteiger partial charge in [0.2, 0.25) is 0 Å². The van der Waals surface area contributed by atoms with Gasteiger partial charge in [-0.05, 0) is 46.8 Å². The van der Waals surface area contributed by atoms with Crippen LogP contribution in [0.25, 0.3) is 0 Å². The Bertz CT molecular complexity index is 966. The van der Waals surface area contributed by atoms with Crippen LogP contribution in [-0.4, -0.2) is 23.7 Å². The van der Waals surface area contributed by atoms with Gasteiger partial charge >= 0.3 is 0 Å². The van der Waals surface area contributed by atoms with Crippen LogP contribution >= 0.6 is 27.3 Å². The largest absolute Gasteiger partial charge is 0.497 e. The third-order valence-electron chi connectivity index (χ3n) is 4.53. The maximum absolute atomic E-state index is 13.0. The molecule has 4 rings (SSSR count). The molecule has 2 aromatic carbocycles. The van der Waals surface area contributed by atoms with Crippen LogP contribution in [0.3, 0.4) is 0 Å². The molecule has 0 spiro atoms. The number of rotatable bonds is 4. The number of halogens is 1. The van der Waals surface area contributed by atoms with Crippen molar-refractivity contribution in [3.05, 3.63) is 86.5 Å². The minimum Gasteiger partial charge on any atom is -0.497 e. The fourth-order valence-corrected chi connectivity index (χ4v) is 4.03. The first-order valence-electron chi connectivity index (χ1n) is 8.50. The summed E-state index contributed by atoms with van der Waals surface area (Å²) in [6.07, 6.45) is 0.672. The Balaban J connectivity index is 1.70. The van der Waals surface area contributed by atoms with Gasteiger partial charge in [0.25, 0.3) is 5.91 Å². The molecule has 1 aliphatic rings. The van der Waals surface area contributed by atoms with E-state index >= 15 is 0 Å². The predicted octanol–water partition coefficient (Wildman–Crippen LogP) is 5.51. The third kappa shape index (κ3) is 3.68. The molecule has 27 heavy (non-hydrogen) atoms. The van der Waals surface area contributed by atoms with E-state index in [1.54, 1.807) is 12.1 Å². The van der Waals surface area contributed by atoms with E-state index in [1.807, 2.05) is 66.0 Å². The van der Waals surface area contributed by atoms with E-state index in [0.29, 0.717) is 11.3 Å². The average molecular weight is 441 g/mol. The molecule has 0 saturated heterocycles. The van der Waals surface area contributed by atoms with Gasteiger partial charge in [-0.2, -0.15) is 5.10 Å². The fraction of sp³-hybridized carbons (Fsp3) is 0.143. The maximum Gasteiger partial charge on any atom is 0.284 e. The van der Waals surface area contributed by atoms with Gasteiger partial charge in [-0.25, -0.2) is 5.01 Å². The van der Waals surface area contributed by atoms with E-state index in [-0.39, 0.29) is 11.9 Å². The number of ether oxygens (including phenoxy) is 1. The third-order valence-corrected chi connectivity index (χ3v) is 5.91. The summed E-state index contributed by atoms with van der Waals surface area (Å²) in [6.45, 7) is 0. The van der Waals surface area contributed by atoms with Crippen molar-refractivity contribution < 1.29 is 9.53 Å². The van der Waals surface area contributed by atoms with Crippen molar-refractivity contribution in [3.8, 4) is 5.75 Å². The van der Waals surface area contributed by atoms with Crippen LogP contribution < -0.4 is 4.74 Å². The molecule has 0 radical (unpaired) electrons. The van der Waals surface area contributed by atoms with E-state index in [9.17, 15) is 4.79 Å². The monoisotopic (exact) mass is 440 g/mol. The predicted molar refractivity (Wildman–Crippen MR) is 112 cm³/mol. The molecule has 0 unspecified atom stereocenters. The van der Waals surface area contributed by atoms with Gasteiger partial charge in [0.15, 0.2) is 0 Å². The highest BCUT2D eigenvalue weighted by molar-refractivity contribution is 9.10. The average Bonchev–Trinajstić information content (AvgIpc) is 3.38. The van der Waals surface area contributed by atoms with Crippen molar-refractivity contribution in [1.29, 1.82) is 0 Å². The molecular formula is C21H17BrN2O2S. The zero-order valence-corrected chi connectivity index (χ0v) is 17.0. The van der Waals surface area contributed by atoms with E-state index in [4.69, 9.17) is 9.84 Å². The molecule has 0 fully saturated rings. The quantitative estimate of drug-likeness (QED) is 0.536. The summed E-state index contributed by atoms with van der Waals surface area (Å²) in [6, 6.07) is 19.4. The molecule has 0 saturated carbocycles. The van der Waals surface area contributed by atoms with Gasteiger partial charge < -0.3 is 4.74 Å². The summed E-state index contributed by atoms with van der Waals surface area (Å²) < 4.78 is 6.27. The van der Waals surface area contributed by atoms with Crippen LogP contribution in [0.1, 0.15) is 33.3 Å². The second-order valence-corrected chi connectivity index (χ2v) is 8.04. The smallest absolute Gasteiger partial charge is 0.284 e. The van der Waals surface area contributed by atoms with Crippen LogP contribution in [0.4, 0.5) is 0 Å². The molecule has 3 aromatic rings. The van der Waals surface area contributed by atoms with Crippen molar-refractivity contribution in [3.63, 3.8) is 0 Å². The first kappa shape index (κ1) is 17.9. The van der Waals surface area contributed by atoms with Gasteiger partial charge in [-0.15, -0.1) is 11.3 Å². The topological polar surface area (TPSA) is 41.9 Å². The van der Waals surface area contributed by atoms with Crippen LogP contribution in [0.5, 0.6) is 5.75 Å². The summed E-state index contributed by atoms with van der Waals surface area (Å²) in [5.41, 5.74) is 2.97. The summed E-state index contributed by atoms with van der Waals surface area (Å²) >= 11 is 4.90. The Morgan fingerprint density at radius 1 is 1.15 bits per heavy atom. The van der Waals surface area contributed by atoms with Crippen LogP contribution in [0.15, 0.2) is 75.6 Å². The number of amides is 1. The molecule has 136 valence electrons. The van der Waals surface area contributed by atoms with E-state index < -0.39 is 0 Å². The standard InChI is InChI=1S/C21H17BrN2O2S/c1-26-17-10-6-15(7-11-17)19-13-18(14-4-8-16(22)9-5-14)23-24(19)21(25)20-3-2-12-27-20/h2-12,19H,13H2,1H3/t19-/m1/s1. The Hall–Kier alpha value is -2.44. The minimum absolute atomic E-state index is 0.0714. The molecule has 2 heterocycles. The molecule has 1 aromatic heterocycles. The molecule has 4 nitrogen and oxygen atoms in total. The zero-order chi connectivity index (χ0) is 18.8. The van der Waals surface area contributed by atoms with Gasteiger partial charge in [0.1, 0.15) is 5.75 Å². The summed E-state index contributed by atoms with van der Waals surface area (Å²) in [5, 5.41) is 8.23. The van der Waals surface area contributed by atoms with E-state index in [2.05, 4.69) is 15.9 Å². The van der Waals surface area contributed by atoms with Crippen molar-refractivity contribution in [2.75, 3.05) is 7.11 Å². The number of thiophene rings is 1. The van der Waals surface area contributed by atoms with Crippen molar-refractivity contribution in [2.45, 2.75) is 12.5 Å². The van der Waals surface area contributed by atoms with Crippen molar-refractivity contribution in [2.24, 2.45) is 5.10 Å². The van der Waals surface area contributed by atoms with Crippen LogP contribution in [0.2, 0.25) is 0 Å². The molecule has 0 bridgehead atoms. The molecule has 1 aliphatic heterocycles. The summed E-state index contributed by atoms with van der Waals surface area (Å²) in [4.78, 5) is 13.7. The van der Waals surface area contributed by atoms with Gasteiger partial charge in [0, 0.05) is 10.9 Å². The molecule has 0 aliphatic carbocycles. The number of nitrogens with zero attached hydrogens (tertiary/aromatic N) is 2. The number of hydrogen-bond acceptors (Lipinski definition) is 4. The van der Waals surface area contributed by atoms with E-state index in [1.165, 1.54) is 11.3 Å². The number of benzene rings is 2. The molecule has 1 atom stereocenters. The molecule has 6 heteroatoms. The Morgan fingerprint density at radius 2 is 1.89 bits per heavy atom. The van der Waals surface area contributed by atoms with Gasteiger partial charge in [-0.3, -0.25) is 4.79 Å². The number of carbonyl (C=O) groups is 1. The minimum atomic E-state index is -0.135. The van der Waals surface area contributed by atoms with Crippen LogP contribution in [0, 0.1) is 0 Å². The summed E-state index contributed by atoms with van der Waals surface area (Å²) in [7, 11) is 1.64. The normalized spacial score (nSPS) is 16.3. The Labute approximate surface area is 170 Å². The van der Waals surface area contributed by atoms with E-state index in [0.717, 1.165) is 27.1 Å². The lowest BCUT2D eigenvalue weighted by Crippen LogP contribution is -2.26. The second kappa shape index (κ2) is 7.66. The summed E-state index contributed by atoms with van der Waals surface area (Å²) in [5.74, 6) is 0.722. The van der Waals surface area contributed by atoms with Crippen molar-refractivity contribution in [1.82, 2.24) is 5.01 Å². The molecule has 0 N–H and O–H groups in total. The lowest BCUT2D eigenvalue weighted by atomic mass is 9.98. The first-order chi connectivity index (χ1) is 13.2.